The van der Waals surface area contributed by atoms with E-state index in [9.17, 15) is 14.4 Å². The summed E-state index contributed by atoms with van der Waals surface area (Å²) in [6.45, 7) is 3.67. The Morgan fingerprint density at radius 3 is 2.59 bits per heavy atom. The van der Waals surface area contributed by atoms with Gasteiger partial charge in [-0.25, -0.2) is 4.79 Å². The number of hydrogen-bond acceptors (Lipinski definition) is 5. The van der Waals surface area contributed by atoms with Crippen LogP contribution < -0.4 is 9.64 Å². The summed E-state index contributed by atoms with van der Waals surface area (Å²) in [5.74, 6) is -0.595. The van der Waals surface area contributed by atoms with E-state index < -0.39 is 12.1 Å². The summed E-state index contributed by atoms with van der Waals surface area (Å²) in [6, 6.07) is 7.08. The maximum Gasteiger partial charge on any atom is 0.339 e. The maximum absolute atomic E-state index is 13.5. The smallest absolute Gasteiger partial charge is 0.339 e. The number of para-hydroxylation sites is 2. The van der Waals surface area contributed by atoms with Crippen LogP contribution in [0, 0.1) is 6.92 Å². The number of carbonyl (C=O) groups excluding carboxylic acids is 3. The Morgan fingerprint density at radius 2 is 1.97 bits per heavy atom. The molecule has 0 bridgehead atoms. The van der Waals surface area contributed by atoms with Crippen molar-refractivity contribution in [1.29, 1.82) is 0 Å². The monoisotopic (exact) mass is 399 g/mol. The maximum atomic E-state index is 13.5. The number of amides is 2. The molecule has 0 unspecified atom stereocenters. The zero-order chi connectivity index (χ0) is 21.3. The first-order valence-corrected chi connectivity index (χ1v) is 9.38. The van der Waals surface area contributed by atoms with Gasteiger partial charge in [-0.05, 0) is 31.0 Å². The van der Waals surface area contributed by atoms with Crippen LogP contribution in [0.3, 0.4) is 0 Å². The molecule has 0 fully saturated rings. The molecule has 8 nitrogen and oxygen atoms in total. The Kier molecular flexibility index (Phi) is 5.63. The SMILES string of the molecule is CCc1[nH]c(C(=O)N2C[C@@H](C(=O)N(C)C)Oc3ccccc32)c(C)c1C(=O)OC. The number of aryl methyl sites for hydroxylation is 1. The fourth-order valence-corrected chi connectivity index (χ4v) is 3.49. The minimum absolute atomic E-state index is 0.0698. The number of esters is 1. The molecule has 1 aliphatic rings. The average molecular weight is 399 g/mol. The van der Waals surface area contributed by atoms with Crippen molar-refractivity contribution in [3.8, 4) is 5.75 Å². The predicted octanol–water partition coefficient (Wildman–Crippen LogP) is 2.17. The second kappa shape index (κ2) is 7.98. The second-order valence-corrected chi connectivity index (χ2v) is 7.05. The average Bonchev–Trinajstić information content (AvgIpc) is 3.07. The highest BCUT2D eigenvalue weighted by atomic mass is 16.5. The van der Waals surface area contributed by atoms with Crippen molar-refractivity contribution >= 4 is 23.5 Å². The lowest BCUT2D eigenvalue weighted by Crippen LogP contribution is -2.50. The van der Waals surface area contributed by atoms with E-state index in [1.807, 2.05) is 6.92 Å². The van der Waals surface area contributed by atoms with Crippen LogP contribution in [0.15, 0.2) is 24.3 Å². The predicted molar refractivity (Wildman–Crippen MR) is 107 cm³/mol. The number of aromatic nitrogens is 1. The normalized spacial score (nSPS) is 15.3. The van der Waals surface area contributed by atoms with Crippen LogP contribution in [0.2, 0.25) is 0 Å². The number of nitrogens with zero attached hydrogens (tertiary/aromatic N) is 2. The van der Waals surface area contributed by atoms with Gasteiger partial charge >= 0.3 is 5.97 Å². The summed E-state index contributed by atoms with van der Waals surface area (Å²) < 4.78 is 10.7. The van der Waals surface area contributed by atoms with E-state index in [4.69, 9.17) is 9.47 Å². The molecule has 1 atom stereocenters. The number of anilines is 1. The zero-order valence-electron chi connectivity index (χ0n) is 17.2. The standard InChI is InChI=1S/C21H25N3O5/c1-6-13-17(21(27)28-5)12(2)18(22-13)20(26)24-11-16(19(25)23(3)4)29-15-10-8-7-9-14(15)24/h7-10,16,22H,6,11H2,1-5H3/t16-/m0/s1. The van der Waals surface area contributed by atoms with Crippen LogP contribution in [0.25, 0.3) is 0 Å². The van der Waals surface area contributed by atoms with Crippen molar-refractivity contribution in [1.82, 2.24) is 9.88 Å². The molecule has 2 heterocycles. The number of ether oxygens (including phenoxy) is 2. The van der Waals surface area contributed by atoms with Gasteiger partial charge in [-0.2, -0.15) is 0 Å². The fourth-order valence-electron chi connectivity index (χ4n) is 3.49. The number of benzene rings is 1. The number of carbonyl (C=O) groups is 3. The van der Waals surface area contributed by atoms with Gasteiger partial charge < -0.3 is 19.4 Å². The van der Waals surface area contributed by atoms with E-state index in [0.717, 1.165) is 0 Å². The Labute approximate surface area is 169 Å². The van der Waals surface area contributed by atoms with Gasteiger partial charge in [0.25, 0.3) is 11.8 Å². The van der Waals surface area contributed by atoms with E-state index in [0.29, 0.717) is 40.4 Å². The summed E-state index contributed by atoms with van der Waals surface area (Å²) in [5, 5.41) is 0. The van der Waals surface area contributed by atoms with Gasteiger partial charge in [-0.15, -0.1) is 0 Å². The van der Waals surface area contributed by atoms with E-state index in [-0.39, 0.29) is 18.4 Å². The number of nitrogens with one attached hydrogen (secondary N) is 1. The third-order valence-electron chi connectivity index (χ3n) is 5.02. The molecule has 154 valence electrons. The molecule has 0 saturated heterocycles. The number of fused-ring (bicyclic) bond motifs is 1. The topological polar surface area (TPSA) is 91.9 Å². The number of hydrogen-bond donors (Lipinski definition) is 1. The zero-order valence-corrected chi connectivity index (χ0v) is 17.2. The van der Waals surface area contributed by atoms with E-state index in [1.165, 1.54) is 16.9 Å². The number of methoxy groups -OCH3 is 1. The summed E-state index contributed by atoms with van der Waals surface area (Å²) in [5.41, 5.74) is 2.42. The van der Waals surface area contributed by atoms with E-state index in [1.54, 1.807) is 45.3 Å². The van der Waals surface area contributed by atoms with Gasteiger partial charge in [0.15, 0.2) is 6.10 Å². The second-order valence-electron chi connectivity index (χ2n) is 7.05. The van der Waals surface area contributed by atoms with Crippen molar-refractivity contribution in [3.05, 3.63) is 46.8 Å². The van der Waals surface area contributed by atoms with Crippen LogP contribution in [-0.2, 0) is 16.0 Å². The fraction of sp³-hybridized carbons (Fsp3) is 0.381. The minimum atomic E-state index is -0.815. The Morgan fingerprint density at radius 1 is 1.28 bits per heavy atom. The molecule has 29 heavy (non-hydrogen) atoms. The molecule has 0 aliphatic carbocycles. The lowest BCUT2D eigenvalue weighted by Gasteiger charge is -2.35. The number of aromatic amines is 1. The highest BCUT2D eigenvalue weighted by molar-refractivity contribution is 6.09. The summed E-state index contributed by atoms with van der Waals surface area (Å²) in [7, 11) is 4.60. The Hall–Kier alpha value is -3.29. The molecular formula is C21H25N3O5. The van der Waals surface area contributed by atoms with Crippen molar-refractivity contribution in [3.63, 3.8) is 0 Å². The van der Waals surface area contributed by atoms with Crippen LogP contribution in [0.5, 0.6) is 5.75 Å². The van der Waals surface area contributed by atoms with Gasteiger partial charge in [0.2, 0.25) is 0 Å². The molecule has 0 spiro atoms. The van der Waals surface area contributed by atoms with Gasteiger partial charge in [-0.3, -0.25) is 14.5 Å². The molecule has 1 aliphatic heterocycles. The molecule has 0 saturated carbocycles. The van der Waals surface area contributed by atoms with Crippen LogP contribution in [-0.4, -0.2) is 61.5 Å². The minimum Gasteiger partial charge on any atom is -0.476 e. The highest BCUT2D eigenvalue weighted by Crippen LogP contribution is 2.35. The van der Waals surface area contributed by atoms with Crippen LogP contribution >= 0.6 is 0 Å². The molecule has 2 aromatic rings. The van der Waals surface area contributed by atoms with Gasteiger partial charge in [0.1, 0.15) is 11.4 Å². The third-order valence-corrected chi connectivity index (χ3v) is 5.02. The Balaban J connectivity index is 2.05. The molecule has 1 aromatic heterocycles. The van der Waals surface area contributed by atoms with Crippen molar-refractivity contribution in [2.75, 3.05) is 32.6 Å². The molecule has 1 N–H and O–H groups in total. The first-order valence-electron chi connectivity index (χ1n) is 9.38. The number of H-pyrrole nitrogens is 1. The van der Waals surface area contributed by atoms with Crippen molar-refractivity contribution < 1.29 is 23.9 Å². The molecule has 8 heteroatoms. The lowest BCUT2D eigenvalue weighted by atomic mass is 10.1. The molecule has 0 radical (unpaired) electrons. The van der Waals surface area contributed by atoms with E-state index >= 15 is 0 Å². The lowest BCUT2D eigenvalue weighted by molar-refractivity contribution is -0.135. The van der Waals surface area contributed by atoms with Crippen molar-refractivity contribution in [2.45, 2.75) is 26.4 Å². The third kappa shape index (κ3) is 3.57. The Bertz CT molecular complexity index is 963. The quantitative estimate of drug-likeness (QED) is 0.796. The highest BCUT2D eigenvalue weighted by Gasteiger charge is 2.36. The largest absolute Gasteiger partial charge is 0.476 e. The molecular weight excluding hydrogens is 374 g/mol. The van der Waals surface area contributed by atoms with Crippen LogP contribution in [0.4, 0.5) is 5.69 Å². The number of likely N-dealkylation sites (N-methyl/N-ethyl adjacent to an activating group) is 1. The van der Waals surface area contributed by atoms with Crippen LogP contribution in [0.1, 0.15) is 39.0 Å². The first-order chi connectivity index (χ1) is 13.8. The summed E-state index contributed by atoms with van der Waals surface area (Å²) >= 11 is 0. The van der Waals surface area contributed by atoms with Gasteiger partial charge in [0.05, 0.1) is 24.9 Å². The summed E-state index contributed by atoms with van der Waals surface area (Å²) in [4.78, 5) is 44.2. The molecule has 3 rings (SSSR count). The van der Waals surface area contributed by atoms with E-state index in [2.05, 4.69) is 4.98 Å². The molecule has 1 aromatic carbocycles. The van der Waals surface area contributed by atoms with Gasteiger partial charge in [0, 0.05) is 19.8 Å². The first kappa shape index (κ1) is 20.4. The van der Waals surface area contributed by atoms with Crippen molar-refractivity contribution in [2.24, 2.45) is 0 Å². The number of rotatable bonds is 4. The molecule has 2 amide bonds. The van der Waals surface area contributed by atoms with Gasteiger partial charge in [-0.1, -0.05) is 19.1 Å². The summed E-state index contributed by atoms with van der Waals surface area (Å²) in [6.07, 6.45) is -0.273.